The van der Waals surface area contributed by atoms with E-state index in [1.54, 1.807) is 18.9 Å². The zero-order chi connectivity index (χ0) is 29.5. The maximum absolute atomic E-state index is 13.1. The van der Waals surface area contributed by atoms with Gasteiger partial charge < -0.3 is 14.5 Å². The van der Waals surface area contributed by atoms with E-state index in [-0.39, 0.29) is 17.9 Å². The minimum absolute atomic E-state index is 0.0319. The molecule has 1 aliphatic rings. The van der Waals surface area contributed by atoms with E-state index in [9.17, 15) is 9.59 Å². The Hall–Kier alpha value is -4.11. The highest BCUT2D eigenvalue weighted by molar-refractivity contribution is 7.99. The summed E-state index contributed by atoms with van der Waals surface area (Å²) < 4.78 is 7.39. The molecule has 0 bridgehead atoms. The summed E-state index contributed by atoms with van der Waals surface area (Å²) in [6.07, 6.45) is 2.12. The highest BCUT2D eigenvalue weighted by atomic mass is 32.2. The van der Waals surface area contributed by atoms with E-state index in [0.29, 0.717) is 31.6 Å². The van der Waals surface area contributed by atoms with Crippen LogP contribution in [0, 0.1) is 0 Å². The number of carbonyl (C=O) groups excluding carboxylic acids is 2. The molecule has 1 fully saturated rings. The van der Waals surface area contributed by atoms with E-state index in [2.05, 4.69) is 21.7 Å². The van der Waals surface area contributed by atoms with Crippen molar-refractivity contribution in [3.05, 3.63) is 90.0 Å². The van der Waals surface area contributed by atoms with Gasteiger partial charge in [-0.05, 0) is 61.7 Å². The van der Waals surface area contributed by atoms with E-state index in [1.807, 2.05) is 95.6 Å². The normalized spacial score (nSPS) is 15.1. The largest absolute Gasteiger partial charge is 0.497 e. The first-order valence-corrected chi connectivity index (χ1v) is 15.4. The Morgan fingerprint density at radius 1 is 0.952 bits per heavy atom. The molecule has 4 aromatic rings. The van der Waals surface area contributed by atoms with Gasteiger partial charge in [0, 0.05) is 54.7 Å². The number of methoxy groups -OCH3 is 1. The lowest BCUT2D eigenvalue weighted by atomic mass is 10.1. The van der Waals surface area contributed by atoms with Crippen LogP contribution in [-0.2, 0) is 11.2 Å². The predicted molar refractivity (Wildman–Crippen MR) is 166 cm³/mol. The van der Waals surface area contributed by atoms with Gasteiger partial charge in [-0.1, -0.05) is 61.2 Å². The quantitative estimate of drug-likeness (QED) is 0.175. The average molecular weight is 584 g/mol. The third kappa shape index (κ3) is 6.68. The number of amides is 2. The molecule has 0 N–H and O–H groups in total. The number of hydrogen-bond acceptors (Lipinski definition) is 6. The van der Waals surface area contributed by atoms with Gasteiger partial charge >= 0.3 is 0 Å². The molecular weight excluding hydrogens is 546 g/mol. The zero-order valence-electron chi connectivity index (χ0n) is 24.4. The summed E-state index contributed by atoms with van der Waals surface area (Å²) in [5.41, 5.74) is 3.84. The number of thioether (sulfide) groups is 1. The maximum atomic E-state index is 13.1. The van der Waals surface area contributed by atoms with E-state index in [0.717, 1.165) is 46.6 Å². The molecule has 0 spiro atoms. The van der Waals surface area contributed by atoms with E-state index in [4.69, 9.17) is 4.74 Å². The van der Waals surface area contributed by atoms with Gasteiger partial charge in [0.05, 0.1) is 7.11 Å². The molecule has 5 rings (SSSR count). The Morgan fingerprint density at radius 3 is 2.36 bits per heavy atom. The van der Waals surface area contributed by atoms with Gasteiger partial charge in [-0.3, -0.25) is 14.2 Å². The molecule has 8 nitrogen and oxygen atoms in total. The monoisotopic (exact) mass is 583 g/mol. The van der Waals surface area contributed by atoms with Crippen LogP contribution in [0.4, 0.5) is 0 Å². The first kappa shape index (κ1) is 29.4. The summed E-state index contributed by atoms with van der Waals surface area (Å²) in [4.78, 5) is 29.9. The van der Waals surface area contributed by atoms with E-state index in [1.165, 1.54) is 5.56 Å². The minimum atomic E-state index is -0.0325. The number of benzene rings is 3. The molecular formula is C33H37N5O3S. The van der Waals surface area contributed by atoms with Crippen molar-refractivity contribution in [2.75, 3.05) is 32.5 Å². The van der Waals surface area contributed by atoms with Crippen LogP contribution in [0.5, 0.6) is 5.75 Å². The fourth-order valence-electron chi connectivity index (χ4n) is 5.18. The molecule has 1 aliphatic heterocycles. The van der Waals surface area contributed by atoms with Crippen molar-refractivity contribution >= 4 is 23.6 Å². The molecule has 3 aromatic carbocycles. The number of ether oxygens (including phenoxy) is 1. The number of aromatic nitrogens is 3. The van der Waals surface area contributed by atoms with E-state index < -0.39 is 0 Å². The van der Waals surface area contributed by atoms with Crippen molar-refractivity contribution in [1.82, 2.24) is 24.6 Å². The number of nitrogens with zero attached hydrogens (tertiary/aromatic N) is 5. The van der Waals surface area contributed by atoms with Crippen molar-refractivity contribution < 1.29 is 14.3 Å². The Bertz CT molecular complexity index is 1490. The molecule has 218 valence electrons. The van der Waals surface area contributed by atoms with E-state index >= 15 is 0 Å². The molecule has 0 radical (unpaired) electrons. The van der Waals surface area contributed by atoms with Crippen LogP contribution in [0.3, 0.4) is 0 Å². The molecule has 2 heterocycles. The van der Waals surface area contributed by atoms with Crippen LogP contribution >= 0.6 is 11.8 Å². The lowest BCUT2D eigenvalue weighted by Gasteiger charge is -2.40. The van der Waals surface area contributed by atoms with Gasteiger partial charge in [-0.2, -0.15) is 0 Å². The summed E-state index contributed by atoms with van der Waals surface area (Å²) >= 11 is 1.60. The number of carbonyl (C=O) groups is 2. The van der Waals surface area contributed by atoms with Crippen LogP contribution < -0.4 is 4.74 Å². The van der Waals surface area contributed by atoms with Gasteiger partial charge in [0.15, 0.2) is 11.0 Å². The fourth-order valence-corrected chi connectivity index (χ4v) is 6.07. The van der Waals surface area contributed by atoms with Crippen molar-refractivity contribution in [2.24, 2.45) is 0 Å². The van der Waals surface area contributed by atoms with Crippen LogP contribution in [0.2, 0.25) is 0 Å². The summed E-state index contributed by atoms with van der Waals surface area (Å²) in [5, 5.41) is 9.78. The molecule has 0 saturated carbocycles. The fraction of sp³-hybridized carbons (Fsp3) is 0.333. The third-order valence-electron chi connectivity index (χ3n) is 7.61. The van der Waals surface area contributed by atoms with Crippen molar-refractivity contribution in [2.45, 2.75) is 44.3 Å². The summed E-state index contributed by atoms with van der Waals surface area (Å²) in [7, 11) is 1.65. The first-order valence-electron chi connectivity index (χ1n) is 14.4. The number of rotatable bonds is 10. The lowest BCUT2D eigenvalue weighted by Crippen LogP contribution is -2.55. The standard InChI is InChI=1S/C33H37N5O3S/c1-4-25-12-14-27(15-13-25)32(40)37-21-20-36(23-24(37)2)30(39)11-8-22-42-33-35-34-31(26-9-6-5-7-10-26)38(33)28-16-18-29(41-3)19-17-28/h5-7,9-10,12-19,24H,4,8,11,20-23H2,1-3H3. The third-order valence-corrected chi connectivity index (χ3v) is 8.63. The molecule has 1 unspecified atom stereocenters. The topological polar surface area (TPSA) is 80.6 Å². The predicted octanol–water partition coefficient (Wildman–Crippen LogP) is 5.75. The Labute approximate surface area is 251 Å². The summed E-state index contributed by atoms with van der Waals surface area (Å²) in [6, 6.07) is 25.6. The maximum Gasteiger partial charge on any atom is 0.254 e. The highest BCUT2D eigenvalue weighted by Crippen LogP contribution is 2.29. The highest BCUT2D eigenvalue weighted by Gasteiger charge is 2.30. The van der Waals surface area contributed by atoms with Crippen molar-refractivity contribution in [3.8, 4) is 22.8 Å². The van der Waals surface area contributed by atoms with Crippen molar-refractivity contribution in [1.29, 1.82) is 0 Å². The number of hydrogen-bond donors (Lipinski definition) is 0. The molecule has 42 heavy (non-hydrogen) atoms. The van der Waals surface area contributed by atoms with Gasteiger partial charge in [0.2, 0.25) is 5.91 Å². The Balaban J connectivity index is 1.17. The van der Waals surface area contributed by atoms with Gasteiger partial charge in [-0.25, -0.2) is 0 Å². The first-order chi connectivity index (χ1) is 20.5. The lowest BCUT2D eigenvalue weighted by molar-refractivity contribution is -0.133. The van der Waals surface area contributed by atoms with Gasteiger partial charge in [0.25, 0.3) is 5.91 Å². The van der Waals surface area contributed by atoms with Crippen LogP contribution in [0.25, 0.3) is 17.1 Å². The minimum Gasteiger partial charge on any atom is -0.497 e. The second-order valence-electron chi connectivity index (χ2n) is 10.4. The molecule has 9 heteroatoms. The zero-order valence-corrected chi connectivity index (χ0v) is 25.2. The second kappa shape index (κ2) is 13.7. The number of piperazine rings is 1. The number of aryl methyl sites for hydroxylation is 1. The summed E-state index contributed by atoms with van der Waals surface area (Å²) in [6.45, 7) is 5.77. The van der Waals surface area contributed by atoms with Gasteiger partial charge in [-0.15, -0.1) is 10.2 Å². The molecule has 0 aliphatic carbocycles. The average Bonchev–Trinajstić information content (AvgIpc) is 3.47. The van der Waals surface area contributed by atoms with Crippen LogP contribution in [0.15, 0.2) is 84.0 Å². The Morgan fingerprint density at radius 2 is 1.69 bits per heavy atom. The van der Waals surface area contributed by atoms with Crippen molar-refractivity contribution in [3.63, 3.8) is 0 Å². The Kier molecular flexibility index (Phi) is 9.59. The second-order valence-corrected chi connectivity index (χ2v) is 11.5. The van der Waals surface area contributed by atoms with Crippen LogP contribution in [0.1, 0.15) is 42.6 Å². The summed E-state index contributed by atoms with van der Waals surface area (Å²) in [5.74, 6) is 2.44. The molecule has 2 amide bonds. The SMILES string of the molecule is CCc1ccc(C(=O)N2CCN(C(=O)CCCSc3nnc(-c4ccccc4)n3-c3ccc(OC)cc3)CC2C)cc1. The smallest absolute Gasteiger partial charge is 0.254 e. The molecule has 1 saturated heterocycles. The van der Waals surface area contributed by atoms with Gasteiger partial charge in [0.1, 0.15) is 5.75 Å². The molecule has 1 atom stereocenters. The van der Waals surface area contributed by atoms with Crippen LogP contribution in [-0.4, -0.2) is 74.9 Å². The molecule has 1 aromatic heterocycles.